The van der Waals surface area contributed by atoms with Crippen molar-refractivity contribution < 1.29 is 22.6 Å². The molecule has 1 aromatic rings. The van der Waals surface area contributed by atoms with Crippen molar-refractivity contribution in [2.24, 2.45) is 0 Å². The molecule has 1 saturated heterocycles. The Bertz CT molecular complexity index is 404. The summed E-state index contributed by atoms with van der Waals surface area (Å²) in [6, 6.07) is 0. The number of rotatable bonds is 4. The van der Waals surface area contributed by atoms with Crippen LogP contribution < -0.4 is 5.32 Å². The zero-order valence-corrected chi connectivity index (χ0v) is 10.4. The van der Waals surface area contributed by atoms with Gasteiger partial charge in [0.15, 0.2) is 0 Å². The van der Waals surface area contributed by atoms with Crippen LogP contribution in [0.25, 0.3) is 0 Å². The standard InChI is InChI=1S/C9H12F3N3O2S/c1-16-8(2-3-17-5-8)4-13-7-14-6(15-18-7)9(10,11)12/h2-5H2,1H3,(H,13,14,15). The Morgan fingerprint density at radius 3 is 2.83 bits per heavy atom. The number of hydrogen-bond acceptors (Lipinski definition) is 6. The van der Waals surface area contributed by atoms with E-state index in [9.17, 15) is 13.2 Å². The summed E-state index contributed by atoms with van der Waals surface area (Å²) in [5.74, 6) is -1.12. The zero-order chi connectivity index (χ0) is 13.2. The van der Waals surface area contributed by atoms with Crippen molar-refractivity contribution in [3.8, 4) is 0 Å². The van der Waals surface area contributed by atoms with Crippen LogP contribution in [0, 0.1) is 0 Å². The van der Waals surface area contributed by atoms with Crippen LogP contribution >= 0.6 is 11.5 Å². The highest BCUT2D eigenvalue weighted by Gasteiger charge is 2.37. The predicted molar refractivity (Wildman–Crippen MR) is 58.6 cm³/mol. The Balaban J connectivity index is 1.96. The maximum Gasteiger partial charge on any atom is 0.452 e. The van der Waals surface area contributed by atoms with Crippen LogP contribution in [-0.4, -0.2) is 41.8 Å². The zero-order valence-electron chi connectivity index (χ0n) is 9.58. The van der Waals surface area contributed by atoms with Gasteiger partial charge in [-0.25, -0.2) is 0 Å². The Morgan fingerprint density at radius 1 is 1.56 bits per heavy atom. The SMILES string of the molecule is COC1(CNc2nc(C(F)(F)F)ns2)CCOC1. The number of anilines is 1. The van der Waals surface area contributed by atoms with Gasteiger partial charge < -0.3 is 14.8 Å². The van der Waals surface area contributed by atoms with Crippen LogP contribution in [0.3, 0.4) is 0 Å². The Morgan fingerprint density at radius 2 is 2.33 bits per heavy atom. The highest BCUT2D eigenvalue weighted by Crippen LogP contribution is 2.29. The second-order valence-electron chi connectivity index (χ2n) is 3.96. The van der Waals surface area contributed by atoms with Gasteiger partial charge in [-0.2, -0.15) is 22.5 Å². The quantitative estimate of drug-likeness (QED) is 0.912. The maximum atomic E-state index is 12.3. The fourth-order valence-electron chi connectivity index (χ4n) is 1.61. The lowest BCUT2D eigenvalue weighted by Crippen LogP contribution is -2.39. The molecule has 0 aromatic carbocycles. The van der Waals surface area contributed by atoms with Gasteiger partial charge in [-0.15, -0.1) is 0 Å². The lowest BCUT2D eigenvalue weighted by atomic mass is 10.0. The number of alkyl halides is 3. The first-order valence-corrected chi connectivity index (χ1v) is 6.00. The summed E-state index contributed by atoms with van der Waals surface area (Å²) >= 11 is 0.680. The van der Waals surface area contributed by atoms with Gasteiger partial charge in [-0.3, -0.25) is 0 Å². The molecule has 0 spiro atoms. The monoisotopic (exact) mass is 283 g/mol. The highest BCUT2D eigenvalue weighted by atomic mass is 32.1. The maximum absolute atomic E-state index is 12.3. The van der Waals surface area contributed by atoms with Crippen molar-refractivity contribution in [2.45, 2.75) is 18.2 Å². The molecule has 0 amide bonds. The van der Waals surface area contributed by atoms with Crippen molar-refractivity contribution in [1.82, 2.24) is 9.36 Å². The summed E-state index contributed by atoms with van der Waals surface area (Å²) in [4.78, 5) is 3.38. The van der Waals surface area contributed by atoms with Gasteiger partial charge in [0.2, 0.25) is 11.0 Å². The normalized spacial score (nSPS) is 24.4. The molecular formula is C9H12F3N3O2S. The van der Waals surface area contributed by atoms with Gasteiger partial charge in [-0.05, 0) is 0 Å². The molecule has 1 fully saturated rings. The van der Waals surface area contributed by atoms with E-state index >= 15 is 0 Å². The average Bonchev–Trinajstić information content (AvgIpc) is 2.96. The molecule has 9 heteroatoms. The molecule has 1 unspecified atom stereocenters. The average molecular weight is 283 g/mol. The number of ether oxygens (including phenoxy) is 2. The molecule has 0 aliphatic carbocycles. The van der Waals surface area contributed by atoms with Crippen LogP contribution in [0.15, 0.2) is 0 Å². The topological polar surface area (TPSA) is 56.3 Å². The van der Waals surface area contributed by atoms with Crippen LogP contribution in [0.4, 0.5) is 18.3 Å². The smallest absolute Gasteiger partial charge is 0.378 e. The first-order valence-electron chi connectivity index (χ1n) is 5.23. The number of halogens is 3. The fraction of sp³-hybridized carbons (Fsp3) is 0.778. The molecule has 5 nitrogen and oxygen atoms in total. The molecule has 2 rings (SSSR count). The molecule has 1 aromatic heterocycles. The van der Waals surface area contributed by atoms with E-state index in [0.29, 0.717) is 37.7 Å². The largest absolute Gasteiger partial charge is 0.452 e. The number of aromatic nitrogens is 2. The summed E-state index contributed by atoms with van der Waals surface area (Å²) in [5, 5.41) is 2.94. The van der Waals surface area contributed by atoms with E-state index in [1.165, 1.54) is 0 Å². The number of nitrogens with one attached hydrogen (secondary N) is 1. The van der Waals surface area contributed by atoms with Crippen molar-refractivity contribution >= 4 is 16.7 Å². The van der Waals surface area contributed by atoms with Gasteiger partial charge >= 0.3 is 6.18 Å². The second kappa shape index (κ2) is 4.98. The molecule has 1 N–H and O–H groups in total. The van der Waals surface area contributed by atoms with Gasteiger partial charge in [0.1, 0.15) is 5.60 Å². The van der Waals surface area contributed by atoms with E-state index in [2.05, 4.69) is 14.7 Å². The molecule has 1 atom stereocenters. The van der Waals surface area contributed by atoms with Crippen molar-refractivity contribution in [3.05, 3.63) is 5.82 Å². The predicted octanol–water partition coefficient (Wildman–Crippen LogP) is 1.77. The molecule has 0 bridgehead atoms. The third-order valence-electron chi connectivity index (χ3n) is 2.74. The fourth-order valence-corrected chi connectivity index (χ4v) is 2.19. The number of methoxy groups -OCH3 is 1. The Kier molecular flexibility index (Phi) is 3.74. The number of nitrogens with zero attached hydrogens (tertiary/aromatic N) is 2. The molecule has 0 saturated carbocycles. The van der Waals surface area contributed by atoms with E-state index < -0.39 is 17.6 Å². The van der Waals surface area contributed by atoms with E-state index in [4.69, 9.17) is 9.47 Å². The first-order chi connectivity index (χ1) is 8.45. The summed E-state index contributed by atoms with van der Waals surface area (Å²) in [5.41, 5.74) is -0.496. The van der Waals surface area contributed by atoms with Crippen molar-refractivity contribution in [2.75, 3.05) is 32.2 Å². The summed E-state index contributed by atoms with van der Waals surface area (Å²) in [7, 11) is 1.55. The van der Waals surface area contributed by atoms with Gasteiger partial charge in [-0.1, -0.05) is 0 Å². The molecule has 102 valence electrons. The highest BCUT2D eigenvalue weighted by molar-refractivity contribution is 7.09. The molecule has 18 heavy (non-hydrogen) atoms. The van der Waals surface area contributed by atoms with E-state index in [1.54, 1.807) is 7.11 Å². The summed E-state index contributed by atoms with van der Waals surface area (Å²) in [6.45, 7) is 1.34. The summed E-state index contributed by atoms with van der Waals surface area (Å²) < 4.78 is 50.7. The minimum absolute atomic E-state index is 0.130. The lowest BCUT2D eigenvalue weighted by molar-refractivity contribution is -0.144. The van der Waals surface area contributed by atoms with Gasteiger partial charge in [0, 0.05) is 38.2 Å². The third-order valence-corrected chi connectivity index (χ3v) is 3.41. The molecule has 2 heterocycles. The summed E-state index contributed by atoms with van der Waals surface area (Å²) in [6.07, 6.45) is -3.81. The first kappa shape index (κ1) is 13.5. The van der Waals surface area contributed by atoms with Crippen LogP contribution in [0.2, 0.25) is 0 Å². The number of hydrogen-bond donors (Lipinski definition) is 1. The molecule has 1 aliphatic heterocycles. The van der Waals surface area contributed by atoms with Crippen LogP contribution in [0.5, 0.6) is 0 Å². The Labute approximate surface area is 105 Å². The Hall–Kier alpha value is -0.930. The lowest BCUT2D eigenvalue weighted by Gasteiger charge is -2.25. The van der Waals surface area contributed by atoms with Crippen molar-refractivity contribution in [1.29, 1.82) is 0 Å². The van der Waals surface area contributed by atoms with E-state index in [-0.39, 0.29) is 5.13 Å². The van der Waals surface area contributed by atoms with Crippen molar-refractivity contribution in [3.63, 3.8) is 0 Å². The van der Waals surface area contributed by atoms with Gasteiger partial charge in [0.05, 0.1) is 6.61 Å². The molecule has 1 aliphatic rings. The minimum atomic E-state index is -4.51. The van der Waals surface area contributed by atoms with E-state index in [0.717, 1.165) is 0 Å². The third kappa shape index (κ3) is 2.90. The van der Waals surface area contributed by atoms with E-state index in [1.807, 2.05) is 0 Å². The van der Waals surface area contributed by atoms with Crippen LogP contribution in [-0.2, 0) is 15.7 Å². The minimum Gasteiger partial charge on any atom is -0.378 e. The van der Waals surface area contributed by atoms with Gasteiger partial charge in [0.25, 0.3) is 0 Å². The molecular weight excluding hydrogens is 271 g/mol. The van der Waals surface area contributed by atoms with Crippen LogP contribution in [0.1, 0.15) is 12.2 Å². The second-order valence-corrected chi connectivity index (χ2v) is 4.72. The molecule has 0 radical (unpaired) electrons.